The van der Waals surface area contributed by atoms with Crippen molar-refractivity contribution in [2.24, 2.45) is 0 Å². The first kappa shape index (κ1) is 13.3. The molecule has 4 nitrogen and oxygen atoms in total. The van der Waals surface area contributed by atoms with E-state index in [2.05, 4.69) is 46.4 Å². The van der Waals surface area contributed by atoms with Crippen LogP contribution in [0.3, 0.4) is 0 Å². The number of para-hydroxylation sites is 2. The van der Waals surface area contributed by atoms with Gasteiger partial charge in [0.15, 0.2) is 0 Å². The molecule has 2 aromatic rings. The zero-order chi connectivity index (χ0) is 14.2. The fraction of sp³-hybridized carbons (Fsp3) is 0.588. The first-order chi connectivity index (χ1) is 10.3. The maximum atomic E-state index is 4.74. The Morgan fingerprint density at radius 3 is 2.67 bits per heavy atom. The second kappa shape index (κ2) is 5.43. The predicted octanol–water partition coefficient (Wildman–Crippen LogP) is 2.67. The molecule has 2 fully saturated rings. The van der Waals surface area contributed by atoms with Crippen LogP contribution in [0.4, 0.5) is 0 Å². The number of fused-ring (bicyclic) bond motifs is 3. The molecule has 0 amide bonds. The Hall–Kier alpha value is -1.39. The molecular formula is C17H24N4. The number of piperidine rings is 1. The van der Waals surface area contributed by atoms with Gasteiger partial charge in [-0.05, 0) is 44.4 Å². The minimum absolute atomic E-state index is 0.710. The summed E-state index contributed by atoms with van der Waals surface area (Å²) in [5.74, 6) is 1.10. The lowest BCUT2D eigenvalue weighted by atomic mass is 9.98. The average molecular weight is 284 g/mol. The average Bonchev–Trinajstić information content (AvgIpc) is 3.07. The summed E-state index contributed by atoms with van der Waals surface area (Å²) in [6.45, 7) is 4.31. The number of H-pyrrole nitrogens is 1. The van der Waals surface area contributed by atoms with Gasteiger partial charge in [-0.3, -0.25) is 4.90 Å². The molecule has 0 radical (unpaired) electrons. The van der Waals surface area contributed by atoms with Crippen molar-refractivity contribution in [1.29, 1.82) is 0 Å². The summed E-state index contributed by atoms with van der Waals surface area (Å²) in [6, 6.07) is 10.5. The summed E-state index contributed by atoms with van der Waals surface area (Å²) in [6.07, 6.45) is 5.32. The number of nitrogens with one attached hydrogen (secondary N) is 2. The molecule has 0 aliphatic carbocycles. The van der Waals surface area contributed by atoms with Gasteiger partial charge in [-0.25, -0.2) is 4.98 Å². The van der Waals surface area contributed by atoms with Gasteiger partial charge in [0.05, 0.1) is 17.6 Å². The van der Waals surface area contributed by atoms with Gasteiger partial charge < -0.3 is 10.3 Å². The van der Waals surface area contributed by atoms with E-state index in [0.717, 1.165) is 42.0 Å². The number of nitrogens with zero attached hydrogens (tertiary/aromatic N) is 2. The Morgan fingerprint density at radius 2 is 1.95 bits per heavy atom. The van der Waals surface area contributed by atoms with Gasteiger partial charge in [0, 0.05) is 18.1 Å². The molecule has 2 N–H and O–H groups in total. The van der Waals surface area contributed by atoms with E-state index in [4.69, 9.17) is 4.98 Å². The summed E-state index contributed by atoms with van der Waals surface area (Å²) in [5, 5.41) is 3.73. The molecule has 4 rings (SSSR count). The zero-order valence-electron chi connectivity index (χ0n) is 12.7. The number of aromatic amines is 1. The fourth-order valence-corrected chi connectivity index (χ4v) is 4.10. The molecule has 2 saturated heterocycles. The van der Waals surface area contributed by atoms with Crippen molar-refractivity contribution in [1.82, 2.24) is 20.2 Å². The van der Waals surface area contributed by atoms with Crippen molar-refractivity contribution in [3.63, 3.8) is 0 Å². The zero-order valence-corrected chi connectivity index (χ0v) is 12.7. The number of hydrogen-bond donors (Lipinski definition) is 2. The summed E-state index contributed by atoms with van der Waals surface area (Å²) >= 11 is 0. The van der Waals surface area contributed by atoms with Gasteiger partial charge in [0.25, 0.3) is 0 Å². The molecule has 2 atom stereocenters. The molecule has 2 bridgehead atoms. The van der Waals surface area contributed by atoms with Gasteiger partial charge in [-0.1, -0.05) is 19.1 Å². The number of benzene rings is 1. The minimum atomic E-state index is 0.710. The van der Waals surface area contributed by atoms with Gasteiger partial charge in [0.1, 0.15) is 5.82 Å². The number of imidazole rings is 1. The van der Waals surface area contributed by atoms with E-state index in [1.165, 1.54) is 25.7 Å². The molecule has 4 heteroatoms. The molecule has 112 valence electrons. The molecular weight excluding hydrogens is 260 g/mol. The normalized spacial score (nSPS) is 28.6. The Bertz CT molecular complexity index is 575. The van der Waals surface area contributed by atoms with Gasteiger partial charge >= 0.3 is 0 Å². The summed E-state index contributed by atoms with van der Waals surface area (Å²) in [4.78, 5) is 10.8. The maximum absolute atomic E-state index is 4.74. The van der Waals surface area contributed by atoms with E-state index in [1.54, 1.807) is 0 Å². The molecule has 2 aliphatic rings. The number of aromatic nitrogens is 2. The molecule has 2 unspecified atom stereocenters. The van der Waals surface area contributed by atoms with E-state index in [-0.39, 0.29) is 0 Å². The van der Waals surface area contributed by atoms with Crippen molar-refractivity contribution in [2.45, 2.75) is 57.3 Å². The lowest BCUT2D eigenvalue weighted by Gasteiger charge is -2.36. The van der Waals surface area contributed by atoms with E-state index in [9.17, 15) is 0 Å². The van der Waals surface area contributed by atoms with Crippen LogP contribution in [0.1, 0.15) is 38.4 Å². The van der Waals surface area contributed by atoms with Crippen LogP contribution in [0.2, 0.25) is 0 Å². The third-order valence-electron chi connectivity index (χ3n) is 5.16. The Balaban J connectivity index is 1.50. The van der Waals surface area contributed by atoms with Crippen LogP contribution >= 0.6 is 0 Å². The highest BCUT2D eigenvalue weighted by atomic mass is 15.2. The lowest BCUT2D eigenvalue weighted by Crippen LogP contribution is -2.48. The van der Waals surface area contributed by atoms with Crippen LogP contribution < -0.4 is 5.32 Å². The van der Waals surface area contributed by atoms with Crippen LogP contribution in [-0.2, 0) is 6.54 Å². The highest BCUT2D eigenvalue weighted by Crippen LogP contribution is 2.30. The van der Waals surface area contributed by atoms with Crippen LogP contribution in [0.25, 0.3) is 11.0 Å². The SMILES string of the molecule is CCN(Cc1nc2ccccc2[nH]1)C1CC2CCC(C1)N2. The standard InChI is InChI=1S/C17H24N4/c1-2-21(14-9-12-7-8-13(10-14)18-12)11-17-19-15-5-3-4-6-16(15)20-17/h3-6,12-14,18H,2,7-11H2,1H3,(H,19,20). The van der Waals surface area contributed by atoms with Crippen molar-refractivity contribution < 1.29 is 0 Å². The second-order valence-corrected chi connectivity index (χ2v) is 6.53. The van der Waals surface area contributed by atoms with Crippen molar-refractivity contribution >= 4 is 11.0 Å². The Labute approximate surface area is 125 Å². The van der Waals surface area contributed by atoms with Crippen LogP contribution in [0.5, 0.6) is 0 Å². The van der Waals surface area contributed by atoms with E-state index >= 15 is 0 Å². The third kappa shape index (κ3) is 2.58. The molecule has 3 heterocycles. The lowest BCUT2D eigenvalue weighted by molar-refractivity contribution is 0.138. The van der Waals surface area contributed by atoms with Gasteiger partial charge in [-0.2, -0.15) is 0 Å². The number of hydrogen-bond acceptors (Lipinski definition) is 3. The monoisotopic (exact) mass is 284 g/mol. The predicted molar refractivity (Wildman–Crippen MR) is 85.1 cm³/mol. The summed E-state index contributed by atoms with van der Waals surface area (Å²) < 4.78 is 0. The second-order valence-electron chi connectivity index (χ2n) is 6.53. The van der Waals surface area contributed by atoms with E-state index < -0.39 is 0 Å². The molecule has 2 aliphatic heterocycles. The van der Waals surface area contributed by atoms with Gasteiger partial charge in [-0.15, -0.1) is 0 Å². The summed E-state index contributed by atoms with van der Waals surface area (Å²) in [7, 11) is 0. The fourth-order valence-electron chi connectivity index (χ4n) is 4.10. The maximum Gasteiger partial charge on any atom is 0.121 e. The largest absolute Gasteiger partial charge is 0.341 e. The molecule has 1 aromatic carbocycles. The molecule has 1 aromatic heterocycles. The topological polar surface area (TPSA) is 44.0 Å². The molecule has 21 heavy (non-hydrogen) atoms. The van der Waals surface area contributed by atoms with Crippen LogP contribution in [0, 0.1) is 0 Å². The highest BCUT2D eigenvalue weighted by Gasteiger charge is 2.35. The minimum Gasteiger partial charge on any atom is -0.341 e. The van der Waals surface area contributed by atoms with E-state index in [0.29, 0.717) is 6.04 Å². The van der Waals surface area contributed by atoms with Crippen LogP contribution in [0.15, 0.2) is 24.3 Å². The van der Waals surface area contributed by atoms with Gasteiger partial charge in [0.2, 0.25) is 0 Å². The molecule has 0 saturated carbocycles. The Kier molecular flexibility index (Phi) is 3.43. The highest BCUT2D eigenvalue weighted by molar-refractivity contribution is 5.74. The smallest absolute Gasteiger partial charge is 0.121 e. The van der Waals surface area contributed by atoms with Crippen molar-refractivity contribution in [3.05, 3.63) is 30.1 Å². The molecule has 0 spiro atoms. The number of rotatable bonds is 4. The summed E-state index contributed by atoms with van der Waals surface area (Å²) in [5.41, 5.74) is 2.22. The Morgan fingerprint density at radius 1 is 1.19 bits per heavy atom. The quantitative estimate of drug-likeness (QED) is 0.907. The first-order valence-electron chi connectivity index (χ1n) is 8.25. The van der Waals surface area contributed by atoms with E-state index in [1.807, 2.05) is 0 Å². The van der Waals surface area contributed by atoms with Crippen molar-refractivity contribution in [2.75, 3.05) is 6.54 Å². The van der Waals surface area contributed by atoms with Crippen molar-refractivity contribution in [3.8, 4) is 0 Å². The van der Waals surface area contributed by atoms with Crippen LogP contribution in [-0.4, -0.2) is 39.5 Å². The third-order valence-corrected chi connectivity index (χ3v) is 5.16. The first-order valence-corrected chi connectivity index (χ1v) is 8.25.